The van der Waals surface area contributed by atoms with Crippen LogP contribution in [0.3, 0.4) is 0 Å². The molecule has 18 heavy (non-hydrogen) atoms. The zero-order valence-electron chi connectivity index (χ0n) is 11.0. The molecule has 1 N–H and O–H groups in total. The monoisotopic (exact) mass is 256 g/mol. The second kappa shape index (κ2) is 5.93. The van der Waals surface area contributed by atoms with E-state index in [-0.39, 0.29) is 19.0 Å². The van der Waals surface area contributed by atoms with Crippen molar-refractivity contribution >= 4 is 6.09 Å². The standard InChI is InChI=1S/C11H20N4O3/c1-11(2,3)18-10(17)15-5-4-8(6-13-14-12)9(16)7-15/h8-9,16H,4-7H2,1-3H3/t8-,9+/m0/s1. The van der Waals surface area contributed by atoms with Crippen LogP contribution >= 0.6 is 0 Å². The van der Waals surface area contributed by atoms with Gasteiger partial charge in [0, 0.05) is 18.0 Å². The number of carbonyl (C=O) groups is 1. The lowest BCUT2D eigenvalue weighted by molar-refractivity contribution is -0.0110. The Morgan fingerprint density at radius 2 is 2.28 bits per heavy atom. The number of ether oxygens (including phenoxy) is 1. The van der Waals surface area contributed by atoms with Crippen molar-refractivity contribution in [3.8, 4) is 0 Å². The van der Waals surface area contributed by atoms with Gasteiger partial charge in [-0.05, 0) is 38.6 Å². The van der Waals surface area contributed by atoms with Crippen LogP contribution in [0.25, 0.3) is 10.4 Å². The molecule has 0 radical (unpaired) electrons. The number of aliphatic hydroxyl groups is 1. The first-order valence-corrected chi connectivity index (χ1v) is 6.00. The van der Waals surface area contributed by atoms with E-state index in [0.29, 0.717) is 13.0 Å². The zero-order chi connectivity index (χ0) is 13.8. The molecule has 1 fully saturated rings. The lowest BCUT2D eigenvalue weighted by Gasteiger charge is -2.36. The number of carbonyl (C=O) groups excluding carboxylic acids is 1. The second-order valence-corrected chi connectivity index (χ2v) is 5.46. The summed E-state index contributed by atoms with van der Waals surface area (Å²) in [7, 11) is 0. The normalized spacial score (nSPS) is 24.3. The van der Waals surface area contributed by atoms with Crippen LogP contribution in [0.1, 0.15) is 27.2 Å². The number of hydrogen-bond donors (Lipinski definition) is 1. The zero-order valence-corrected chi connectivity index (χ0v) is 11.0. The molecule has 102 valence electrons. The van der Waals surface area contributed by atoms with Gasteiger partial charge < -0.3 is 14.7 Å². The number of piperidine rings is 1. The van der Waals surface area contributed by atoms with E-state index in [0.717, 1.165) is 0 Å². The Balaban J connectivity index is 2.50. The van der Waals surface area contributed by atoms with E-state index in [1.54, 1.807) is 20.8 Å². The van der Waals surface area contributed by atoms with E-state index in [2.05, 4.69) is 10.0 Å². The quantitative estimate of drug-likeness (QED) is 0.464. The fraction of sp³-hybridized carbons (Fsp3) is 0.909. The Labute approximate surface area is 106 Å². The third-order valence-electron chi connectivity index (χ3n) is 2.75. The summed E-state index contributed by atoms with van der Waals surface area (Å²) in [5.74, 6) is -0.0837. The molecule has 1 aliphatic rings. The minimum atomic E-state index is -0.670. The van der Waals surface area contributed by atoms with Crippen molar-refractivity contribution in [3.05, 3.63) is 10.4 Å². The molecule has 1 heterocycles. The molecule has 0 spiro atoms. The lowest BCUT2D eigenvalue weighted by atomic mass is 9.94. The van der Waals surface area contributed by atoms with Crippen molar-refractivity contribution in [2.45, 2.75) is 38.9 Å². The number of azide groups is 1. The van der Waals surface area contributed by atoms with Gasteiger partial charge in [-0.2, -0.15) is 0 Å². The predicted octanol–water partition coefficient (Wildman–Crippen LogP) is 1.91. The molecule has 1 rings (SSSR count). The minimum Gasteiger partial charge on any atom is -0.444 e. The summed E-state index contributed by atoms with van der Waals surface area (Å²) in [6.07, 6.45) is -0.472. The molecule has 7 nitrogen and oxygen atoms in total. The highest BCUT2D eigenvalue weighted by molar-refractivity contribution is 5.68. The van der Waals surface area contributed by atoms with Gasteiger partial charge in [0.15, 0.2) is 0 Å². The molecule has 0 aliphatic carbocycles. The summed E-state index contributed by atoms with van der Waals surface area (Å²) < 4.78 is 5.24. The van der Waals surface area contributed by atoms with Crippen LogP contribution in [-0.4, -0.2) is 47.4 Å². The topological polar surface area (TPSA) is 98.5 Å². The fourth-order valence-corrected chi connectivity index (χ4v) is 1.83. The highest BCUT2D eigenvalue weighted by atomic mass is 16.6. The van der Waals surface area contributed by atoms with E-state index in [1.807, 2.05) is 0 Å². The number of likely N-dealkylation sites (tertiary alicyclic amines) is 1. The first-order chi connectivity index (χ1) is 8.33. The molecule has 2 atom stereocenters. The summed E-state index contributed by atoms with van der Waals surface area (Å²) in [6, 6.07) is 0. The molecular weight excluding hydrogens is 236 g/mol. The average Bonchev–Trinajstić information content (AvgIpc) is 2.25. The molecule has 0 aromatic rings. The van der Waals surface area contributed by atoms with Crippen LogP contribution < -0.4 is 0 Å². The Morgan fingerprint density at radius 1 is 1.61 bits per heavy atom. The first-order valence-electron chi connectivity index (χ1n) is 6.00. The molecular formula is C11H20N4O3. The second-order valence-electron chi connectivity index (χ2n) is 5.46. The Hall–Kier alpha value is -1.46. The summed E-state index contributed by atoms with van der Waals surface area (Å²) in [6.45, 7) is 6.40. The maximum Gasteiger partial charge on any atom is 0.410 e. The van der Waals surface area contributed by atoms with Gasteiger partial charge in [-0.1, -0.05) is 5.11 Å². The first kappa shape index (κ1) is 14.6. The number of β-amino-alcohol motifs (C(OH)–C–C–N with tert-alkyl or cyclic N) is 1. The van der Waals surface area contributed by atoms with Crippen molar-refractivity contribution in [1.29, 1.82) is 0 Å². The molecule has 0 aromatic carbocycles. The van der Waals surface area contributed by atoms with Gasteiger partial charge in [-0.25, -0.2) is 4.79 Å². The number of nitrogens with zero attached hydrogens (tertiary/aromatic N) is 4. The molecule has 1 amide bonds. The maximum absolute atomic E-state index is 11.8. The van der Waals surface area contributed by atoms with Crippen LogP contribution in [0, 0.1) is 5.92 Å². The molecule has 1 aliphatic heterocycles. The summed E-state index contributed by atoms with van der Waals surface area (Å²) in [4.78, 5) is 16.0. The molecule has 0 saturated carbocycles. The van der Waals surface area contributed by atoms with Gasteiger partial charge in [0.1, 0.15) is 5.60 Å². The molecule has 0 aromatic heterocycles. The Morgan fingerprint density at radius 3 is 2.78 bits per heavy atom. The van der Waals surface area contributed by atoms with E-state index in [1.165, 1.54) is 4.90 Å². The van der Waals surface area contributed by atoms with E-state index < -0.39 is 17.8 Å². The average molecular weight is 256 g/mol. The molecule has 1 saturated heterocycles. The Kier molecular flexibility index (Phi) is 4.81. The van der Waals surface area contributed by atoms with Crippen LogP contribution in [-0.2, 0) is 4.74 Å². The van der Waals surface area contributed by atoms with E-state index in [9.17, 15) is 9.90 Å². The van der Waals surface area contributed by atoms with Gasteiger partial charge >= 0.3 is 6.09 Å². The third kappa shape index (κ3) is 4.43. The highest BCUT2D eigenvalue weighted by Gasteiger charge is 2.31. The SMILES string of the molecule is CC(C)(C)OC(=O)N1CC[C@@H](CN=[N+]=[N-])[C@H](O)C1. The smallest absolute Gasteiger partial charge is 0.410 e. The lowest BCUT2D eigenvalue weighted by Crippen LogP contribution is -2.48. The highest BCUT2D eigenvalue weighted by Crippen LogP contribution is 2.20. The van der Waals surface area contributed by atoms with Gasteiger partial charge in [0.2, 0.25) is 0 Å². The van der Waals surface area contributed by atoms with Crippen LogP contribution in [0.2, 0.25) is 0 Å². The number of rotatable bonds is 2. The van der Waals surface area contributed by atoms with Crippen LogP contribution in [0.4, 0.5) is 4.79 Å². The molecule has 7 heteroatoms. The third-order valence-corrected chi connectivity index (χ3v) is 2.75. The van der Waals surface area contributed by atoms with E-state index in [4.69, 9.17) is 10.3 Å². The minimum absolute atomic E-state index is 0.0837. The molecule has 0 unspecified atom stereocenters. The van der Waals surface area contributed by atoms with Crippen molar-refractivity contribution in [2.24, 2.45) is 11.0 Å². The number of hydrogen-bond acceptors (Lipinski definition) is 4. The van der Waals surface area contributed by atoms with Crippen LogP contribution in [0.5, 0.6) is 0 Å². The summed E-state index contributed by atoms with van der Waals surface area (Å²) >= 11 is 0. The number of aliphatic hydroxyl groups excluding tert-OH is 1. The van der Waals surface area contributed by atoms with Crippen molar-refractivity contribution < 1.29 is 14.6 Å². The van der Waals surface area contributed by atoms with Gasteiger partial charge in [-0.3, -0.25) is 0 Å². The van der Waals surface area contributed by atoms with Crippen molar-refractivity contribution in [1.82, 2.24) is 4.90 Å². The van der Waals surface area contributed by atoms with Crippen molar-refractivity contribution in [2.75, 3.05) is 19.6 Å². The Bertz CT molecular complexity index is 347. The maximum atomic E-state index is 11.8. The predicted molar refractivity (Wildman–Crippen MR) is 65.9 cm³/mol. The summed E-state index contributed by atoms with van der Waals surface area (Å²) in [5, 5.41) is 13.3. The van der Waals surface area contributed by atoms with Gasteiger partial charge in [0.25, 0.3) is 0 Å². The molecule has 0 bridgehead atoms. The van der Waals surface area contributed by atoms with Gasteiger partial charge in [0.05, 0.1) is 12.6 Å². The van der Waals surface area contributed by atoms with Crippen molar-refractivity contribution in [3.63, 3.8) is 0 Å². The number of amides is 1. The van der Waals surface area contributed by atoms with Gasteiger partial charge in [-0.15, -0.1) is 0 Å². The fourth-order valence-electron chi connectivity index (χ4n) is 1.83. The largest absolute Gasteiger partial charge is 0.444 e. The summed E-state index contributed by atoms with van der Waals surface area (Å²) in [5.41, 5.74) is 7.71. The van der Waals surface area contributed by atoms with E-state index >= 15 is 0 Å². The van der Waals surface area contributed by atoms with Crippen LogP contribution in [0.15, 0.2) is 5.11 Å².